The molecule has 2 heterocycles. The van der Waals surface area contributed by atoms with E-state index in [1.807, 2.05) is 19.9 Å². The molecular weight excluding hydrogens is 240 g/mol. The molecule has 0 radical (unpaired) electrons. The van der Waals surface area contributed by atoms with Gasteiger partial charge in [-0.15, -0.1) is 0 Å². The van der Waals surface area contributed by atoms with E-state index < -0.39 is 0 Å². The molecular formula is C11H13ClN4O. The van der Waals surface area contributed by atoms with Crippen LogP contribution in [0.2, 0.25) is 5.28 Å². The van der Waals surface area contributed by atoms with Gasteiger partial charge in [-0.2, -0.15) is 0 Å². The predicted molar refractivity (Wildman–Crippen MR) is 65.0 cm³/mol. The monoisotopic (exact) mass is 252 g/mol. The van der Waals surface area contributed by atoms with Crippen molar-refractivity contribution in [2.75, 3.05) is 5.32 Å². The van der Waals surface area contributed by atoms with Crippen molar-refractivity contribution in [2.24, 2.45) is 0 Å². The number of anilines is 1. The molecule has 2 aromatic rings. The van der Waals surface area contributed by atoms with Gasteiger partial charge in [0.25, 0.3) is 0 Å². The molecule has 6 heteroatoms. The molecule has 17 heavy (non-hydrogen) atoms. The molecule has 0 saturated heterocycles. The highest BCUT2D eigenvalue weighted by atomic mass is 35.5. The lowest BCUT2D eigenvalue weighted by atomic mass is 10.4. The third-order valence-electron chi connectivity index (χ3n) is 2.20. The highest BCUT2D eigenvalue weighted by molar-refractivity contribution is 6.28. The minimum atomic E-state index is 0.231. The number of oxazole rings is 1. The van der Waals surface area contributed by atoms with Crippen molar-refractivity contribution in [1.29, 1.82) is 0 Å². The van der Waals surface area contributed by atoms with Crippen molar-refractivity contribution in [3.05, 3.63) is 34.9 Å². The molecule has 0 aliphatic heterocycles. The standard InChI is InChI=1S/C11H13ClN4O/c1-3-8-5-14-10(17-8)6-13-9-4-7(2)15-11(12)16-9/h4-5H,3,6H2,1-2H3,(H,13,15,16). The Balaban J connectivity index is 2.01. The largest absolute Gasteiger partial charge is 0.444 e. The van der Waals surface area contributed by atoms with Crippen molar-refractivity contribution in [3.63, 3.8) is 0 Å². The molecule has 0 aromatic carbocycles. The maximum atomic E-state index is 5.76. The van der Waals surface area contributed by atoms with E-state index in [9.17, 15) is 0 Å². The Morgan fingerprint density at radius 3 is 2.88 bits per heavy atom. The summed E-state index contributed by atoms with van der Waals surface area (Å²) in [6, 6.07) is 1.82. The number of aryl methyl sites for hydroxylation is 2. The normalized spacial score (nSPS) is 10.5. The van der Waals surface area contributed by atoms with Crippen molar-refractivity contribution >= 4 is 17.4 Å². The molecule has 2 aromatic heterocycles. The van der Waals surface area contributed by atoms with Gasteiger partial charge in [-0.25, -0.2) is 15.0 Å². The molecule has 0 spiro atoms. The maximum absolute atomic E-state index is 5.76. The first-order valence-electron chi connectivity index (χ1n) is 5.36. The van der Waals surface area contributed by atoms with Crippen LogP contribution < -0.4 is 5.32 Å². The molecule has 0 saturated carbocycles. The van der Waals surface area contributed by atoms with Crippen LogP contribution in [0.4, 0.5) is 5.82 Å². The van der Waals surface area contributed by atoms with Gasteiger partial charge in [0, 0.05) is 18.2 Å². The van der Waals surface area contributed by atoms with E-state index in [0.29, 0.717) is 18.3 Å². The Bertz CT molecular complexity index is 492. The van der Waals surface area contributed by atoms with Crippen LogP contribution in [0.15, 0.2) is 16.7 Å². The number of hydrogen-bond acceptors (Lipinski definition) is 5. The molecule has 0 fully saturated rings. The summed E-state index contributed by atoms with van der Waals surface area (Å²) in [6.45, 7) is 4.36. The average molecular weight is 253 g/mol. The lowest BCUT2D eigenvalue weighted by molar-refractivity contribution is 0.465. The first kappa shape index (κ1) is 11.9. The molecule has 0 aliphatic rings. The van der Waals surface area contributed by atoms with Crippen LogP contribution in [0.1, 0.15) is 24.3 Å². The molecule has 0 amide bonds. The molecule has 0 unspecified atom stereocenters. The zero-order valence-corrected chi connectivity index (χ0v) is 10.5. The number of hydrogen-bond donors (Lipinski definition) is 1. The van der Waals surface area contributed by atoms with Crippen LogP contribution in [0.3, 0.4) is 0 Å². The summed E-state index contributed by atoms with van der Waals surface area (Å²) in [5, 5.41) is 3.32. The predicted octanol–water partition coefficient (Wildman–Crippen LogP) is 2.60. The minimum Gasteiger partial charge on any atom is -0.444 e. The highest BCUT2D eigenvalue weighted by Gasteiger charge is 2.04. The van der Waals surface area contributed by atoms with Gasteiger partial charge in [0.05, 0.1) is 12.7 Å². The quantitative estimate of drug-likeness (QED) is 0.848. The number of aromatic nitrogens is 3. The first-order valence-corrected chi connectivity index (χ1v) is 5.74. The molecule has 2 rings (SSSR count). The van der Waals surface area contributed by atoms with Crippen molar-refractivity contribution < 1.29 is 4.42 Å². The number of halogens is 1. The SMILES string of the molecule is CCc1cnc(CNc2cc(C)nc(Cl)n2)o1. The van der Waals surface area contributed by atoms with E-state index in [2.05, 4.69) is 20.3 Å². The molecule has 5 nitrogen and oxygen atoms in total. The Hall–Kier alpha value is -1.62. The van der Waals surface area contributed by atoms with Crippen LogP contribution in [0.25, 0.3) is 0 Å². The fraction of sp³-hybridized carbons (Fsp3) is 0.364. The second-order valence-corrected chi connectivity index (χ2v) is 3.93. The Morgan fingerprint density at radius 1 is 1.41 bits per heavy atom. The lowest BCUT2D eigenvalue weighted by Gasteiger charge is -2.03. The third-order valence-corrected chi connectivity index (χ3v) is 2.37. The average Bonchev–Trinajstić information content (AvgIpc) is 2.73. The second-order valence-electron chi connectivity index (χ2n) is 3.59. The van der Waals surface area contributed by atoms with Crippen molar-refractivity contribution in [1.82, 2.24) is 15.0 Å². The third kappa shape index (κ3) is 3.17. The van der Waals surface area contributed by atoms with E-state index >= 15 is 0 Å². The summed E-state index contributed by atoms with van der Waals surface area (Å²) < 4.78 is 5.47. The van der Waals surface area contributed by atoms with Crippen LogP contribution in [-0.4, -0.2) is 15.0 Å². The van der Waals surface area contributed by atoms with E-state index in [1.165, 1.54) is 0 Å². The summed E-state index contributed by atoms with van der Waals surface area (Å²) in [6.07, 6.45) is 2.57. The Morgan fingerprint density at radius 2 is 2.24 bits per heavy atom. The van der Waals surface area contributed by atoms with E-state index in [4.69, 9.17) is 16.0 Å². The minimum absolute atomic E-state index is 0.231. The van der Waals surface area contributed by atoms with Gasteiger partial charge in [-0.3, -0.25) is 0 Å². The van der Waals surface area contributed by atoms with Crippen LogP contribution in [0, 0.1) is 6.92 Å². The summed E-state index contributed by atoms with van der Waals surface area (Å²) >= 11 is 5.76. The maximum Gasteiger partial charge on any atom is 0.224 e. The first-order chi connectivity index (χ1) is 8.17. The highest BCUT2D eigenvalue weighted by Crippen LogP contribution is 2.11. The smallest absolute Gasteiger partial charge is 0.224 e. The number of nitrogens with zero attached hydrogens (tertiary/aromatic N) is 3. The van der Waals surface area contributed by atoms with E-state index in [0.717, 1.165) is 17.9 Å². The zero-order chi connectivity index (χ0) is 12.3. The molecule has 90 valence electrons. The summed E-state index contributed by atoms with van der Waals surface area (Å²) in [4.78, 5) is 12.2. The van der Waals surface area contributed by atoms with Crippen LogP contribution in [-0.2, 0) is 13.0 Å². The van der Waals surface area contributed by atoms with Gasteiger partial charge in [-0.05, 0) is 18.5 Å². The fourth-order valence-corrected chi connectivity index (χ4v) is 1.61. The van der Waals surface area contributed by atoms with Gasteiger partial charge >= 0.3 is 0 Å². The Kier molecular flexibility index (Phi) is 3.58. The Labute approximate surface area is 104 Å². The van der Waals surface area contributed by atoms with Gasteiger partial charge in [0.1, 0.15) is 11.6 Å². The number of rotatable bonds is 4. The van der Waals surface area contributed by atoms with Gasteiger partial charge in [0.15, 0.2) is 0 Å². The molecule has 0 aliphatic carbocycles. The van der Waals surface area contributed by atoms with E-state index in [-0.39, 0.29) is 5.28 Å². The molecule has 1 N–H and O–H groups in total. The van der Waals surface area contributed by atoms with Crippen LogP contribution in [0.5, 0.6) is 0 Å². The second kappa shape index (κ2) is 5.14. The summed E-state index contributed by atoms with van der Waals surface area (Å²) in [5.41, 5.74) is 0.814. The summed E-state index contributed by atoms with van der Waals surface area (Å²) in [7, 11) is 0. The summed E-state index contributed by atoms with van der Waals surface area (Å²) in [5.74, 6) is 2.17. The van der Waals surface area contributed by atoms with Gasteiger partial charge in [-0.1, -0.05) is 6.92 Å². The topological polar surface area (TPSA) is 63.8 Å². The zero-order valence-electron chi connectivity index (χ0n) is 9.70. The molecule has 0 atom stereocenters. The van der Waals surface area contributed by atoms with E-state index in [1.54, 1.807) is 6.20 Å². The van der Waals surface area contributed by atoms with Gasteiger partial charge in [0.2, 0.25) is 11.2 Å². The van der Waals surface area contributed by atoms with Crippen molar-refractivity contribution in [3.8, 4) is 0 Å². The fourth-order valence-electron chi connectivity index (χ4n) is 1.38. The van der Waals surface area contributed by atoms with Crippen LogP contribution >= 0.6 is 11.6 Å². The number of nitrogens with one attached hydrogen (secondary N) is 1. The lowest BCUT2D eigenvalue weighted by Crippen LogP contribution is -2.03. The van der Waals surface area contributed by atoms with Crippen molar-refractivity contribution in [2.45, 2.75) is 26.8 Å². The van der Waals surface area contributed by atoms with Gasteiger partial charge < -0.3 is 9.73 Å². The molecule has 0 bridgehead atoms.